The van der Waals surface area contributed by atoms with Gasteiger partial charge >= 0.3 is 5.97 Å². The van der Waals surface area contributed by atoms with E-state index < -0.39 is 77.9 Å². The Hall–Kier alpha value is -3.63. The molecular formula is C69H116N2O20S. The highest BCUT2D eigenvalue weighted by atomic mass is 32.1. The second-order valence-corrected chi connectivity index (χ2v) is 25.5. The zero-order chi connectivity index (χ0) is 67.4. The van der Waals surface area contributed by atoms with Crippen LogP contribution in [0.3, 0.4) is 0 Å². The molecular weight excluding hydrogens is 1210 g/mol. The number of ketones is 2. The molecule has 3 aliphatic heterocycles. The number of Topliss-reactive ketones (excluding diaryl/α,β-unsaturated/α-hetero) is 2. The van der Waals surface area contributed by atoms with Crippen molar-refractivity contribution in [3.63, 3.8) is 0 Å². The maximum Gasteiger partial charge on any atom is 0.329 e. The number of thiocarbonyl (C=S) groups is 1. The summed E-state index contributed by atoms with van der Waals surface area (Å²) in [5, 5.41) is 27.3. The third-order valence-electron chi connectivity index (χ3n) is 18.1. The van der Waals surface area contributed by atoms with E-state index in [1.807, 2.05) is 78.0 Å². The van der Waals surface area contributed by atoms with Gasteiger partial charge in [0, 0.05) is 78.7 Å². The van der Waals surface area contributed by atoms with Crippen molar-refractivity contribution in [2.45, 2.75) is 193 Å². The number of hydrogen-bond acceptors (Lipinski definition) is 21. The average Bonchev–Trinajstić information content (AvgIpc) is 0.793. The van der Waals surface area contributed by atoms with E-state index in [4.69, 9.17) is 78.5 Å². The van der Waals surface area contributed by atoms with Crippen LogP contribution in [0.1, 0.15) is 132 Å². The fourth-order valence-electron chi connectivity index (χ4n) is 12.5. The van der Waals surface area contributed by atoms with Crippen LogP contribution in [0.15, 0.2) is 47.6 Å². The number of carbonyl (C=O) groups excluding carboxylic acids is 4. The molecule has 16 atom stereocenters. The number of nitrogens with one attached hydrogen (secondary N) is 1. The van der Waals surface area contributed by atoms with Gasteiger partial charge in [0.05, 0.1) is 110 Å². The van der Waals surface area contributed by atoms with Gasteiger partial charge in [-0.3, -0.25) is 14.4 Å². The molecule has 0 unspecified atom stereocenters. The molecule has 2 bridgehead atoms. The molecule has 0 radical (unpaired) electrons. The van der Waals surface area contributed by atoms with Crippen LogP contribution in [-0.2, 0) is 85.5 Å². The fraction of sp³-hybridized carbons (Fsp3) is 0.812. The van der Waals surface area contributed by atoms with E-state index in [1.54, 1.807) is 35.2 Å². The van der Waals surface area contributed by atoms with Crippen LogP contribution < -0.4 is 5.32 Å². The predicted octanol–water partition coefficient (Wildman–Crippen LogP) is 7.66. The molecule has 1 amide bonds. The van der Waals surface area contributed by atoms with E-state index >= 15 is 0 Å². The number of amides is 1. The Bertz CT molecular complexity index is 2270. The zero-order valence-corrected chi connectivity index (χ0v) is 58.3. The van der Waals surface area contributed by atoms with Crippen molar-refractivity contribution < 1.29 is 95.7 Å². The van der Waals surface area contributed by atoms with Crippen LogP contribution in [0.2, 0.25) is 0 Å². The summed E-state index contributed by atoms with van der Waals surface area (Å²) in [7, 11) is 6.26. The predicted molar refractivity (Wildman–Crippen MR) is 352 cm³/mol. The lowest BCUT2D eigenvalue weighted by Gasteiger charge is -2.43. The molecule has 4 aliphatic rings. The van der Waals surface area contributed by atoms with Gasteiger partial charge in [-0.1, -0.05) is 71.1 Å². The number of piperidine rings is 1. The molecule has 0 aromatic carbocycles. The largest absolute Gasteiger partial charge is 0.465 e. The van der Waals surface area contributed by atoms with E-state index in [0.717, 1.165) is 12.0 Å². The van der Waals surface area contributed by atoms with Crippen molar-refractivity contribution >= 4 is 40.8 Å². The van der Waals surface area contributed by atoms with Crippen LogP contribution in [0.4, 0.5) is 0 Å². The summed E-state index contributed by atoms with van der Waals surface area (Å²) in [5.74, 6) is -6.98. The first-order valence-corrected chi connectivity index (χ1v) is 34.1. The summed E-state index contributed by atoms with van der Waals surface area (Å²) in [4.78, 5) is 59.1. The Morgan fingerprint density at radius 2 is 1.30 bits per heavy atom. The normalized spacial score (nSPS) is 32.7. The van der Waals surface area contributed by atoms with Gasteiger partial charge in [0.2, 0.25) is 5.79 Å². The monoisotopic (exact) mass is 1320 g/mol. The summed E-state index contributed by atoms with van der Waals surface area (Å²) < 4.78 is 81.5. The van der Waals surface area contributed by atoms with Gasteiger partial charge in [-0.2, -0.15) is 0 Å². The van der Waals surface area contributed by atoms with Gasteiger partial charge in [-0.05, 0) is 126 Å². The molecule has 4 rings (SSSR count). The van der Waals surface area contributed by atoms with Crippen LogP contribution in [0.5, 0.6) is 0 Å². The van der Waals surface area contributed by atoms with Gasteiger partial charge < -0.3 is 86.7 Å². The third-order valence-corrected chi connectivity index (χ3v) is 18.4. The smallest absolute Gasteiger partial charge is 0.329 e. The maximum atomic E-state index is 14.9. The molecule has 1 aliphatic carbocycles. The van der Waals surface area contributed by atoms with E-state index in [2.05, 4.69) is 5.32 Å². The number of nitrogens with zero attached hydrogens (tertiary/aromatic N) is 1. The van der Waals surface area contributed by atoms with E-state index in [-0.39, 0.29) is 66.2 Å². The molecule has 528 valence electrons. The minimum Gasteiger partial charge on any atom is -0.465 e. The van der Waals surface area contributed by atoms with Gasteiger partial charge in [0.1, 0.15) is 30.5 Å². The van der Waals surface area contributed by atoms with Gasteiger partial charge in [-0.15, -0.1) is 0 Å². The second kappa shape index (κ2) is 45.0. The Kier molecular flexibility index (Phi) is 39.5. The number of rotatable bonds is 30. The molecule has 0 aromatic heterocycles. The SMILES string of the molecule is CCOCCOCCOCCOCCOCCOCCOCCNC(=S)O[C@@H]1CC[C@@H](C[C@@H](C)[C@@H]2C[C@@H](OC)[C@H](C)/C=C(\C)[C@@H](O)[C@@H](OC)C(=O)[C@H](C)C[C@H](C)/C=C/C=C/C=C(\C)[C@@H](OC)C[C@@H]3CC[C@@H](C)[C@@](O)(O3)C(=O)C(=O)N3CCCC[C@H]3C(=O)O2)C[C@H]1OC. The molecule has 2 saturated heterocycles. The number of carbonyl (C=O) groups is 4. The molecule has 92 heavy (non-hydrogen) atoms. The third kappa shape index (κ3) is 27.8. The molecule has 22 nitrogen and oxygen atoms in total. The summed E-state index contributed by atoms with van der Waals surface area (Å²) in [6.45, 7) is 22.6. The average molecular weight is 1330 g/mol. The first-order valence-electron chi connectivity index (χ1n) is 33.7. The van der Waals surface area contributed by atoms with Crippen molar-refractivity contribution in [1.82, 2.24) is 10.2 Å². The molecule has 1 saturated carbocycles. The van der Waals surface area contributed by atoms with E-state index in [0.29, 0.717) is 162 Å². The summed E-state index contributed by atoms with van der Waals surface area (Å²) >= 11 is 5.61. The molecule has 3 fully saturated rings. The first kappa shape index (κ1) is 80.8. The number of fused-ring (bicyclic) bond motifs is 3. The van der Waals surface area contributed by atoms with Crippen LogP contribution in [0, 0.1) is 35.5 Å². The maximum absolute atomic E-state index is 14.9. The van der Waals surface area contributed by atoms with Crippen LogP contribution in [-0.4, -0.2) is 238 Å². The van der Waals surface area contributed by atoms with Gasteiger partial charge in [0.15, 0.2) is 5.78 Å². The minimum atomic E-state index is -2.43. The highest BCUT2D eigenvalue weighted by Crippen LogP contribution is 2.38. The molecule has 0 aromatic rings. The fourth-order valence-corrected chi connectivity index (χ4v) is 12.8. The summed E-state index contributed by atoms with van der Waals surface area (Å²) in [6, 6.07) is -1.11. The van der Waals surface area contributed by atoms with Crippen LogP contribution >= 0.6 is 12.2 Å². The van der Waals surface area contributed by atoms with Gasteiger partial charge in [0.25, 0.3) is 16.9 Å². The Morgan fingerprint density at radius 1 is 0.696 bits per heavy atom. The lowest BCUT2D eigenvalue weighted by atomic mass is 9.78. The number of aliphatic hydroxyl groups is 2. The highest BCUT2D eigenvalue weighted by Gasteiger charge is 2.53. The minimum absolute atomic E-state index is 0.0266. The topological polar surface area (TPSA) is 253 Å². The Balaban J connectivity index is 1.40. The summed E-state index contributed by atoms with van der Waals surface area (Å²) in [6.07, 6.45) is 12.4. The number of esters is 1. The van der Waals surface area contributed by atoms with E-state index in [1.165, 1.54) is 12.0 Å². The number of hydrogen-bond donors (Lipinski definition) is 3. The van der Waals surface area contributed by atoms with Crippen molar-refractivity contribution in [1.29, 1.82) is 0 Å². The van der Waals surface area contributed by atoms with E-state index in [9.17, 15) is 29.4 Å². The van der Waals surface area contributed by atoms with Crippen molar-refractivity contribution in [3.05, 3.63) is 47.6 Å². The van der Waals surface area contributed by atoms with Gasteiger partial charge in [-0.25, -0.2) is 4.79 Å². The molecule has 23 heteroatoms. The highest BCUT2D eigenvalue weighted by molar-refractivity contribution is 7.80. The first-order chi connectivity index (χ1) is 44.2. The molecule has 3 N–H and O–H groups in total. The molecule has 0 spiro atoms. The van der Waals surface area contributed by atoms with Crippen molar-refractivity contribution in [2.24, 2.45) is 35.5 Å². The number of ether oxygens (including phenoxy) is 14. The molecule has 3 heterocycles. The second-order valence-electron chi connectivity index (χ2n) is 25.2. The van der Waals surface area contributed by atoms with Crippen molar-refractivity contribution in [2.75, 3.05) is 134 Å². The quantitative estimate of drug-likeness (QED) is 0.0205. The lowest BCUT2D eigenvalue weighted by Crippen LogP contribution is -2.61. The van der Waals surface area contributed by atoms with Crippen molar-refractivity contribution in [3.8, 4) is 0 Å². The standard InChI is InChI=1S/C69H116N2O20S/c1-13-82-29-30-84-33-34-86-37-38-88-40-39-87-36-35-85-32-31-83-28-26-70-68(92)90-57-25-23-54(44-61(57)80-11)43-50(5)60-46-59(79-10)49(4)42-52(7)63(73)64(81-12)62(72)51(6)41-47(2)19-15-14-16-20-48(3)58(78-9)45-55-24-22-53(8)69(77,91-55)65(74)66(75)71-27-18-17-21-56(71)67(76)89-60/h14-16,19-20,42,47,49-51,53-61,63-64,73,77H,13,17-18,21-41,43-46H2,1-12H3,(H,70,92)/b16-14+,19-15+,48-20+,52-42+/t47-,49-,50-,51-,53-,54+,55+,56+,57-,58+,59-,60+,61-,63-,64+,69-/m1/s1. The Morgan fingerprint density at radius 3 is 1.89 bits per heavy atom. The zero-order valence-electron chi connectivity index (χ0n) is 57.5. The summed E-state index contributed by atoms with van der Waals surface area (Å²) in [5.41, 5.74) is 1.41. The number of cyclic esters (lactones) is 1. The lowest BCUT2D eigenvalue weighted by molar-refractivity contribution is -0.265. The Labute approximate surface area is 554 Å². The number of allylic oxidation sites excluding steroid dienone is 5. The van der Waals surface area contributed by atoms with Crippen LogP contribution in [0.25, 0.3) is 0 Å². The number of methoxy groups -OCH3 is 4. The number of aliphatic hydroxyl groups excluding tert-OH is 1.